The molecule has 2 rings (SSSR count). The summed E-state index contributed by atoms with van der Waals surface area (Å²) in [4.78, 5) is 11.7. The van der Waals surface area contributed by atoms with Crippen molar-refractivity contribution in [3.8, 4) is 0 Å². The van der Waals surface area contributed by atoms with E-state index in [1.54, 1.807) is 6.08 Å². The van der Waals surface area contributed by atoms with Crippen LogP contribution in [0.2, 0.25) is 5.02 Å². The lowest BCUT2D eigenvalue weighted by Crippen LogP contribution is -2.32. The second kappa shape index (κ2) is 7.68. The van der Waals surface area contributed by atoms with Gasteiger partial charge in [0, 0.05) is 11.8 Å². The number of halogens is 2. The first-order chi connectivity index (χ1) is 10.5. The third-order valence-corrected chi connectivity index (χ3v) is 3.13. The molecule has 0 unspecified atom stereocenters. The Morgan fingerprint density at radius 2 is 1.91 bits per heavy atom. The standard InChI is InChI=1S/C16H12ClFN2OS/c17-13-10-12(7-8-14(13)18)19-16(22)20-15(21)9-6-11-4-2-1-3-5-11/h1-10H,(H2,19,20,21,22)/b9-6+. The predicted molar refractivity (Wildman–Crippen MR) is 91.2 cm³/mol. The monoisotopic (exact) mass is 334 g/mol. The van der Waals surface area contributed by atoms with Crippen LogP contribution in [0.3, 0.4) is 0 Å². The van der Waals surface area contributed by atoms with Gasteiger partial charge in [0.05, 0.1) is 5.02 Å². The highest BCUT2D eigenvalue weighted by atomic mass is 35.5. The smallest absolute Gasteiger partial charge is 0.250 e. The molecule has 2 aromatic rings. The minimum Gasteiger partial charge on any atom is -0.332 e. The van der Waals surface area contributed by atoms with Crippen LogP contribution in [0.5, 0.6) is 0 Å². The number of carbonyl (C=O) groups excluding carboxylic acids is 1. The largest absolute Gasteiger partial charge is 0.332 e. The summed E-state index contributed by atoms with van der Waals surface area (Å²) >= 11 is 10.7. The van der Waals surface area contributed by atoms with E-state index in [0.29, 0.717) is 5.69 Å². The quantitative estimate of drug-likeness (QED) is 0.658. The van der Waals surface area contributed by atoms with Crippen molar-refractivity contribution in [3.05, 3.63) is 71.0 Å². The molecule has 0 fully saturated rings. The van der Waals surface area contributed by atoms with Crippen molar-refractivity contribution in [1.82, 2.24) is 5.32 Å². The van der Waals surface area contributed by atoms with Crippen molar-refractivity contribution >= 4 is 46.6 Å². The molecule has 22 heavy (non-hydrogen) atoms. The lowest BCUT2D eigenvalue weighted by molar-refractivity contribution is -0.115. The average molecular weight is 335 g/mol. The highest BCUT2D eigenvalue weighted by Crippen LogP contribution is 2.19. The molecule has 0 atom stereocenters. The maximum absolute atomic E-state index is 13.0. The number of nitrogens with one attached hydrogen (secondary N) is 2. The van der Waals surface area contributed by atoms with E-state index in [2.05, 4.69) is 10.6 Å². The summed E-state index contributed by atoms with van der Waals surface area (Å²) in [5.41, 5.74) is 1.39. The van der Waals surface area contributed by atoms with Crippen LogP contribution < -0.4 is 10.6 Å². The maximum Gasteiger partial charge on any atom is 0.250 e. The summed E-state index contributed by atoms with van der Waals surface area (Å²) in [6, 6.07) is 13.5. The minimum atomic E-state index is -0.520. The molecular weight excluding hydrogens is 323 g/mol. The van der Waals surface area contributed by atoms with E-state index < -0.39 is 5.82 Å². The van der Waals surface area contributed by atoms with Gasteiger partial charge in [0.2, 0.25) is 5.91 Å². The molecule has 1 amide bonds. The van der Waals surface area contributed by atoms with Crippen molar-refractivity contribution in [2.24, 2.45) is 0 Å². The number of hydrogen-bond acceptors (Lipinski definition) is 2. The molecule has 0 bridgehead atoms. The molecule has 0 radical (unpaired) electrons. The van der Waals surface area contributed by atoms with Gasteiger partial charge in [-0.05, 0) is 42.1 Å². The molecule has 0 aliphatic heterocycles. The van der Waals surface area contributed by atoms with E-state index in [9.17, 15) is 9.18 Å². The molecule has 0 saturated carbocycles. The molecule has 0 aliphatic carbocycles. The summed E-state index contributed by atoms with van der Waals surface area (Å²) < 4.78 is 13.0. The third-order valence-electron chi connectivity index (χ3n) is 2.64. The van der Waals surface area contributed by atoms with Crippen LogP contribution in [0.4, 0.5) is 10.1 Å². The minimum absolute atomic E-state index is 0.0249. The molecule has 3 nitrogen and oxygen atoms in total. The van der Waals surface area contributed by atoms with Crippen LogP contribution in [-0.2, 0) is 4.79 Å². The Labute approximate surface area is 137 Å². The fourth-order valence-electron chi connectivity index (χ4n) is 1.63. The van der Waals surface area contributed by atoms with E-state index >= 15 is 0 Å². The van der Waals surface area contributed by atoms with Gasteiger partial charge in [0.15, 0.2) is 5.11 Å². The molecule has 0 heterocycles. The summed E-state index contributed by atoms with van der Waals surface area (Å²) in [6.45, 7) is 0. The number of thiocarbonyl (C=S) groups is 1. The Hall–Kier alpha value is -2.24. The molecule has 112 valence electrons. The van der Waals surface area contributed by atoms with Crippen LogP contribution in [0.15, 0.2) is 54.6 Å². The van der Waals surface area contributed by atoms with Crippen molar-refractivity contribution in [2.45, 2.75) is 0 Å². The number of amides is 1. The molecule has 0 saturated heterocycles. The summed E-state index contributed by atoms with van der Waals surface area (Å²) in [5, 5.41) is 5.32. The molecule has 0 aromatic heterocycles. The van der Waals surface area contributed by atoms with Crippen LogP contribution in [0.25, 0.3) is 6.08 Å². The lowest BCUT2D eigenvalue weighted by atomic mass is 10.2. The first kappa shape index (κ1) is 16.1. The molecule has 2 N–H and O–H groups in total. The van der Waals surface area contributed by atoms with Gasteiger partial charge in [0.1, 0.15) is 5.82 Å². The Bertz CT molecular complexity index is 719. The Balaban J connectivity index is 1.90. The van der Waals surface area contributed by atoms with Crippen molar-refractivity contribution in [2.75, 3.05) is 5.32 Å². The zero-order valence-electron chi connectivity index (χ0n) is 11.3. The number of hydrogen-bond donors (Lipinski definition) is 2. The Morgan fingerprint density at radius 3 is 2.59 bits per heavy atom. The number of carbonyl (C=O) groups is 1. The van der Waals surface area contributed by atoms with Gasteiger partial charge >= 0.3 is 0 Å². The third kappa shape index (κ3) is 4.95. The van der Waals surface area contributed by atoms with Crippen molar-refractivity contribution in [1.29, 1.82) is 0 Å². The van der Waals surface area contributed by atoms with E-state index in [4.69, 9.17) is 23.8 Å². The Morgan fingerprint density at radius 1 is 1.18 bits per heavy atom. The second-order valence-electron chi connectivity index (χ2n) is 4.32. The van der Waals surface area contributed by atoms with Gasteiger partial charge in [-0.25, -0.2) is 4.39 Å². The van der Waals surface area contributed by atoms with Gasteiger partial charge in [-0.15, -0.1) is 0 Å². The highest BCUT2D eigenvalue weighted by molar-refractivity contribution is 7.80. The second-order valence-corrected chi connectivity index (χ2v) is 5.13. The summed E-state index contributed by atoms with van der Waals surface area (Å²) in [6.07, 6.45) is 3.05. The molecule has 2 aromatic carbocycles. The molecule has 6 heteroatoms. The normalized spacial score (nSPS) is 10.5. The summed E-state index contributed by atoms with van der Waals surface area (Å²) in [7, 11) is 0. The van der Waals surface area contributed by atoms with Crippen molar-refractivity contribution < 1.29 is 9.18 Å². The molecule has 0 aliphatic rings. The predicted octanol–water partition coefficient (Wildman–Crippen LogP) is 4.01. The zero-order chi connectivity index (χ0) is 15.9. The fraction of sp³-hybridized carbons (Fsp3) is 0. The van der Waals surface area contributed by atoms with Crippen LogP contribution in [-0.4, -0.2) is 11.0 Å². The van der Waals surface area contributed by atoms with E-state index in [1.165, 1.54) is 24.3 Å². The highest BCUT2D eigenvalue weighted by Gasteiger charge is 2.04. The van der Waals surface area contributed by atoms with Crippen LogP contribution >= 0.6 is 23.8 Å². The first-order valence-electron chi connectivity index (χ1n) is 6.35. The topological polar surface area (TPSA) is 41.1 Å². The van der Waals surface area contributed by atoms with E-state index in [1.807, 2.05) is 30.3 Å². The van der Waals surface area contributed by atoms with Crippen LogP contribution in [0.1, 0.15) is 5.56 Å². The average Bonchev–Trinajstić information content (AvgIpc) is 2.50. The van der Waals surface area contributed by atoms with Crippen LogP contribution in [0, 0.1) is 5.82 Å². The van der Waals surface area contributed by atoms with Crippen molar-refractivity contribution in [3.63, 3.8) is 0 Å². The lowest BCUT2D eigenvalue weighted by Gasteiger charge is -2.08. The van der Waals surface area contributed by atoms with Gasteiger partial charge in [0.25, 0.3) is 0 Å². The maximum atomic E-state index is 13.0. The van der Waals surface area contributed by atoms with E-state index in [-0.39, 0.29) is 16.0 Å². The first-order valence-corrected chi connectivity index (χ1v) is 7.13. The number of benzene rings is 2. The summed E-state index contributed by atoms with van der Waals surface area (Å²) in [5.74, 6) is -0.887. The SMILES string of the molecule is O=C(/C=C/c1ccccc1)NC(=S)Nc1ccc(F)c(Cl)c1. The zero-order valence-corrected chi connectivity index (χ0v) is 12.9. The van der Waals surface area contributed by atoms with E-state index in [0.717, 1.165) is 5.56 Å². The van der Waals surface area contributed by atoms with Gasteiger partial charge < -0.3 is 5.32 Å². The number of anilines is 1. The molecular formula is C16H12ClFN2OS. The Kier molecular flexibility index (Phi) is 5.63. The van der Waals surface area contributed by atoms with Gasteiger partial charge in [-0.1, -0.05) is 41.9 Å². The fourth-order valence-corrected chi connectivity index (χ4v) is 2.02. The molecule has 0 spiro atoms. The van der Waals surface area contributed by atoms with Gasteiger partial charge in [-0.3, -0.25) is 10.1 Å². The number of rotatable bonds is 3. The van der Waals surface area contributed by atoms with Gasteiger partial charge in [-0.2, -0.15) is 0 Å².